The average molecular weight is 174 g/mol. The predicted molar refractivity (Wildman–Crippen MR) is 52.6 cm³/mol. The van der Waals surface area contributed by atoms with E-state index in [-0.39, 0.29) is 0 Å². The highest BCUT2D eigenvalue weighted by atomic mass is 31.0. The Morgan fingerprint density at radius 2 is 2.00 bits per heavy atom. The molecule has 1 saturated heterocycles. The van der Waals surface area contributed by atoms with E-state index in [1.165, 1.54) is 13.0 Å². The summed E-state index contributed by atoms with van der Waals surface area (Å²) < 4.78 is 2.36. The van der Waals surface area contributed by atoms with Crippen molar-refractivity contribution in [2.45, 2.75) is 31.8 Å². The second kappa shape index (κ2) is 3.01. The standard InChI is InChI=1S/C8H19N2P/c1-8(2)5-7(9(3)4)6-10(8)11/h7H,5-6,11H2,1-4H3. The molecule has 0 aromatic rings. The molecule has 0 radical (unpaired) electrons. The Bertz CT molecular complexity index is 145. The summed E-state index contributed by atoms with van der Waals surface area (Å²) in [5.41, 5.74) is 0.361. The smallest absolute Gasteiger partial charge is 0.0237 e. The fourth-order valence-electron chi connectivity index (χ4n) is 1.58. The Balaban J connectivity index is 2.57. The Labute approximate surface area is 72.2 Å². The minimum atomic E-state index is 0.361. The highest BCUT2D eigenvalue weighted by Crippen LogP contribution is 2.32. The van der Waals surface area contributed by atoms with Gasteiger partial charge in [-0.2, -0.15) is 0 Å². The Morgan fingerprint density at radius 1 is 1.45 bits per heavy atom. The van der Waals surface area contributed by atoms with Gasteiger partial charge in [0.25, 0.3) is 0 Å². The van der Waals surface area contributed by atoms with Gasteiger partial charge in [-0.15, -0.1) is 0 Å². The molecule has 0 saturated carbocycles. The Kier molecular flexibility index (Phi) is 2.58. The highest BCUT2D eigenvalue weighted by molar-refractivity contribution is 7.13. The minimum Gasteiger partial charge on any atom is -0.305 e. The molecule has 1 heterocycles. The van der Waals surface area contributed by atoms with Crippen molar-refractivity contribution in [2.75, 3.05) is 20.6 Å². The number of hydrogen-bond donors (Lipinski definition) is 0. The van der Waals surface area contributed by atoms with Crippen molar-refractivity contribution in [3.05, 3.63) is 0 Å². The molecule has 2 atom stereocenters. The van der Waals surface area contributed by atoms with Gasteiger partial charge in [0.05, 0.1) is 0 Å². The first-order valence-electron chi connectivity index (χ1n) is 4.12. The van der Waals surface area contributed by atoms with E-state index in [2.05, 4.69) is 46.9 Å². The number of rotatable bonds is 1. The third-order valence-electron chi connectivity index (χ3n) is 2.65. The zero-order valence-electron chi connectivity index (χ0n) is 7.96. The monoisotopic (exact) mass is 174 g/mol. The lowest BCUT2D eigenvalue weighted by Gasteiger charge is -2.26. The van der Waals surface area contributed by atoms with Gasteiger partial charge in [0.1, 0.15) is 0 Å². The summed E-state index contributed by atoms with van der Waals surface area (Å²) in [7, 11) is 7.13. The Morgan fingerprint density at radius 3 is 2.18 bits per heavy atom. The summed E-state index contributed by atoms with van der Waals surface area (Å²) in [5, 5.41) is 0. The quantitative estimate of drug-likeness (QED) is 0.551. The van der Waals surface area contributed by atoms with Gasteiger partial charge in [-0.25, -0.2) is 0 Å². The van der Waals surface area contributed by atoms with Crippen LogP contribution in [0.3, 0.4) is 0 Å². The van der Waals surface area contributed by atoms with Crippen molar-refractivity contribution < 1.29 is 0 Å². The molecule has 2 nitrogen and oxygen atoms in total. The normalized spacial score (nSPS) is 31.6. The molecule has 1 rings (SSSR count). The fourth-order valence-corrected chi connectivity index (χ4v) is 1.93. The summed E-state index contributed by atoms with van der Waals surface area (Å²) in [4.78, 5) is 2.31. The summed E-state index contributed by atoms with van der Waals surface area (Å²) in [6.45, 7) is 5.76. The van der Waals surface area contributed by atoms with Gasteiger partial charge in [0.15, 0.2) is 0 Å². The van der Waals surface area contributed by atoms with Gasteiger partial charge in [-0.05, 0) is 34.4 Å². The lowest BCUT2D eigenvalue weighted by Crippen LogP contribution is -2.29. The lowest BCUT2D eigenvalue weighted by atomic mass is 10.0. The van der Waals surface area contributed by atoms with Crippen LogP contribution in [0.5, 0.6) is 0 Å². The van der Waals surface area contributed by atoms with Crippen molar-refractivity contribution in [1.29, 1.82) is 0 Å². The molecule has 11 heavy (non-hydrogen) atoms. The van der Waals surface area contributed by atoms with Gasteiger partial charge in [0, 0.05) is 18.1 Å². The summed E-state index contributed by atoms with van der Waals surface area (Å²) in [6, 6.07) is 0.725. The lowest BCUT2D eigenvalue weighted by molar-refractivity contribution is 0.299. The van der Waals surface area contributed by atoms with Gasteiger partial charge < -0.3 is 4.90 Å². The van der Waals surface area contributed by atoms with E-state index in [0.29, 0.717) is 5.54 Å². The second-order valence-corrected chi connectivity index (χ2v) is 4.91. The zero-order chi connectivity index (χ0) is 8.65. The molecule has 0 aromatic heterocycles. The van der Waals surface area contributed by atoms with E-state index >= 15 is 0 Å². The molecule has 0 spiro atoms. The molecule has 1 aliphatic heterocycles. The van der Waals surface area contributed by atoms with E-state index in [1.54, 1.807) is 0 Å². The molecule has 0 N–H and O–H groups in total. The van der Waals surface area contributed by atoms with Crippen LogP contribution in [-0.4, -0.2) is 41.8 Å². The van der Waals surface area contributed by atoms with E-state index in [0.717, 1.165) is 6.04 Å². The van der Waals surface area contributed by atoms with Crippen molar-refractivity contribution in [3.8, 4) is 0 Å². The van der Waals surface area contributed by atoms with Crippen LogP contribution in [0.25, 0.3) is 0 Å². The minimum absolute atomic E-state index is 0.361. The predicted octanol–water partition coefficient (Wildman–Crippen LogP) is 1.19. The van der Waals surface area contributed by atoms with E-state index in [9.17, 15) is 0 Å². The van der Waals surface area contributed by atoms with Crippen LogP contribution in [0, 0.1) is 0 Å². The summed E-state index contributed by atoms with van der Waals surface area (Å²) >= 11 is 0. The van der Waals surface area contributed by atoms with Gasteiger partial charge in [-0.3, -0.25) is 4.67 Å². The van der Waals surface area contributed by atoms with Crippen LogP contribution >= 0.6 is 9.39 Å². The van der Waals surface area contributed by atoms with Crippen molar-refractivity contribution in [1.82, 2.24) is 9.57 Å². The summed E-state index contributed by atoms with van der Waals surface area (Å²) in [6.07, 6.45) is 1.27. The van der Waals surface area contributed by atoms with Crippen LogP contribution in [0.1, 0.15) is 20.3 Å². The van der Waals surface area contributed by atoms with E-state index in [4.69, 9.17) is 0 Å². The maximum atomic E-state index is 2.82. The third kappa shape index (κ3) is 1.93. The molecule has 0 bridgehead atoms. The highest BCUT2D eigenvalue weighted by Gasteiger charge is 2.36. The van der Waals surface area contributed by atoms with Crippen LogP contribution in [-0.2, 0) is 0 Å². The van der Waals surface area contributed by atoms with Gasteiger partial charge in [-0.1, -0.05) is 9.39 Å². The first-order chi connectivity index (χ1) is 4.93. The fraction of sp³-hybridized carbons (Fsp3) is 1.00. The molecule has 66 valence electrons. The molecular formula is C8H19N2P. The topological polar surface area (TPSA) is 6.48 Å². The molecule has 1 fully saturated rings. The number of likely N-dealkylation sites (N-methyl/N-ethyl adjacent to an activating group) is 1. The first kappa shape index (κ1) is 9.44. The zero-order valence-corrected chi connectivity index (χ0v) is 9.12. The molecule has 2 unspecified atom stereocenters. The largest absolute Gasteiger partial charge is 0.305 e. The maximum Gasteiger partial charge on any atom is 0.0237 e. The SMILES string of the molecule is CN(C)C1CN(P)C(C)(C)C1. The maximum absolute atomic E-state index is 2.82. The molecule has 1 aliphatic rings. The van der Waals surface area contributed by atoms with Crippen molar-refractivity contribution in [2.24, 2.45) is 0 Å². The van der Waals surface area contributed by atoms with Crippen LogP contribution in [0.2, 0.25) is 0 Å². The van der Waals surface area contributed by atoms with E-state index < -0.39 is 0 Å². The molecule has 0 amide bonds. The van der Waals surface area contributed by atoms with E-state index in [1.807, 2.05) is 0 Å². The van der Waals surface area contributed by atoms with Crippen LogP contribution < -0.4 is 0 Å². The summed E-state index contributed by atoms with van der Waals surface area (Å²) in [5.74, 6) is 0. The Hall–Kier alpha value is 0.350. The van der Waals surface area contributed by atoms with Gasteiger partial charge >= 0.3 is 0 Å². The second-order valence-electron chi connectivity index (χ2n) is 4.29. The number of nitrogens with zero attached hydrogens (tertiary/aromatic N) is 2. The van der Waals surface area contributed by atoms with Crippen molar-refractivity contribution >= 4 is 9.39 Å². The van der Waals surface area contributed by atoms with Crippen LogP contribution in [0.15, 0.2) is 0 Å². The molecule has 0 aliphatic carbocycles. The number of hydrogen-bond acceptors (Lipinski definition) is 2. The molecule has 3 heteroatoms. The molecular weight excluding hydrogens is 155 g/mol. The average Bonchev–Trinajstić information content (AvgIpc) is 2.08. The molecule has 0 aromatic carbocycles. The first-order valence-corrected chi connectivity index (χ1v) is 4.64. The third-order valence-corrected chi connectivity index (χ3v) is 3.56. The van der Waals surface area contributed by atoms with Crippen molar-refractivity contribution in [3.63, 3.8) is 0 Å². The van der Waals surface area contributed by atoms with Gasteiger partial charge in [0.2, 0.25) is 0 Å². The van der Waals surface area contributed by atoms with Crippen LogP contribution in [0.4, 0.5) is 0 Å².